The molecule has 0 aliphatic carbocycles. The summed E-state index contributed by atoms with van der Waals surface area (Å²) in [5.74, 6) is 0.535. The normalized spacial score (nSPS) is 10.5. The van der Waals surface area contributed by atoms with Crippen molar-refractivity contribution in [2.24, 2.45) is 0 Å². The maximum atomic E-state index is 12.3. The molecule has 2 heterocycles. The summed E-state index contributed by atoms with van der Waals surface area (Å²) in [4.78, 5) is 17.7. The standard InChI is InChI=1S/C13H14ClN3O2/c1-8-11(9(2)19-16-8)7-17(3)13(18)10-6-15-5-4-12(10)14/h4-6H,7H2,1-3H3. The molecule has 5 nitrogen and oxygen atoms in total. The quantitative estimate of drug-likeness (QED) is 0.866. The van der Waals surface area contributed by atoms with Crippen LogP contribution in [-0.4, -0.2) is 28.0 Å². The first kappa shape index (κ1) is 13.5. The maximum absolute atomic E-state index is 12.3. The van der Waals surface area contributed by atoms with Gasteiger partial charge in [0.15, 0.2) is 0 Å². The average molecular weight is 280 g/mol. The Morgan fingerprint density at radius 1 is 1.47 bits per heavy atom. The molecule has 0 spiro atoms. The van der Waals surface area contributed by atoms with Crippen LogP contribution in [-0.2, 0) is 6.54 Å². The van der Waals surface area contributed by atoms with Crippen LogP contribution in [0.5, 0.6) is 0 Å². The molecule has 1 amide bonds. The lowest BCUT2D eigenvalue weighted by atomic mass is 10.2. The molecule has 0 saturated carbocycles. The molecule has 19 heavy (non-hydrogen) atoms. The number of amides is 1. The van der Waals surface area contributed by atoms with Crippen molar-refractivity contribution in [3.63, 3.8) is 0 Å². The molecule has 0 fully saturated rings. The molecular weight excluding hydrogens is 266 g/mol. The van der Waals surface area contributed by atoms with Crippen LogP contribution in [0.4, 0.5) is 0 Å². The highest BCUT2D eigenvalue weighted by Crippen LogP contribution is 2.18. The molecule has 6 heteroatoms. The second-order valence-electron chi connectivity index (χ2n) is 4.32. The summed E-state index contributed by atoms with van der Waals surface area (Å²) in [7, 11) is 1.71. The predicted molar refractivity (Wildman–Crippen MR) is 71.0 cm³/mol. The van der Waals surface area contributed by atoms with Gasteiger partial charge in [0.25, 0.3) is 5.91 Å². The Bertz CT molecular complexity index is 590. The molecule has 100 valence electrons. The first-order valence-corrected chi connectivity index (χ1v) is 6.15. The van der Waals surface area contributed by atoms with Crippen molar-refractivity contribution in [3.05, 3.63) is 46.1 Å². The SMILES string of the molecule is Cc1noc(C)c1CN(C)C(=O)c1cnccc1Cl. The third kappa shape index (κ3) is 2.76. The molecule has 0 aliphatic rings. The Balaban J connectivity index is 2.19. The van der Waals surface area contributed by atoms with E-state index in [1.807, 2.05) is 13.8 Å². The van der Waals surface area contributed by atoms with E-state index in [0.29, 0.717) is 17.1 Å². The van der Waals surface area contributed by atoms with Gasteiger partial charge < -0.3 is 9.42 Å². The molecule has 0 unspecified atom stereocenters. The third-order valence-electron chi connectivity index (χ3n) is 2.92. The van der Waals surface area contributed by atoms with Crippen molar-refractivity contribution in [1.29, 1.82) is 0 Å². The monoisotopic (exact) mass is 279 g/mol. The van der Waals surface area contributed by atoms with Gasteiger partial charge in [-0.25, -0.2) is 0 Å². The number of carbonyl (C=O) groups excluding carboxylic acids is 1. The van der Waals surface area contributed by atoms with Gasteiger partial charge in [-0.2, -0.15) is 0 Å². The molecule has 0 N–H and O–H groups in total. The molecule has 0 atom stereocenters. The zero-order chi connectivity index (χ0) is 14.0. The van der Waals surface area contributed by atoms with Crippen molar-refractivity contribution >= 4 is 17.5 Å². The first-order valence-electron chi connectivity index (χ1n) is 5.77. The van der Waals surface area contributed by atoms with Crippen LogP contribution in [0.3, 0.4) is 0 Å². The van der Waals surface area contributed by atoms with Crippen LogP contribution in [0.1, 0.15) is 27.4 Å². The van der Waals surface area contributed by atoms with Crippen molar-refractivity contribution in [3.8, 4) is 0 Å². The number of hydrogen-bond acceptors (Lipinski definition) is 4. The van der Waals surface area contributed by atoms with Crippen LogP contribution in [0.25, 0.3) is 0 Å². The summed E-state index contributed by atoms with van der Waals surface area (Å²) >= 11 is 5.99. The number of nitrogens with zero attached hydrogens (tertiary/aromatic N) is 3. The third-order valence-corrected chi connectivity index (χ3v) is 3.25. The Labute approximate surface area is 116 Å². The number of aromatic nitrogens is 2. The highest BCUT2D eigenvalue weighted by atomic mass is 35.5. The zero-order valence-corrected chi connectivity index (χ0v) is 11.7. The topological polar surface area (TPSA) is 59.2 Å². The van der Waals surface area contributed by atoms with Crippen LogP contribution in [0.2, 0.25) is 5.02 Å². The molecule has 0 radical (unpaired) electrons. The van der Waals surface area contributed by atoms with Gasteiger partial charge in [-0.15, -0.1) is 0 Å². The molecule has 0 aliphatic heterocycles. The van der Waals surface area contributed by atoms with E-state index in [9.17, 15) is 4.79 Å². The summed E-state index contributed by atoms with van der Waals surface area (Å²) in [5.41, 5.74) is 2.09. The van der Waals surface area contributed by atoms with Crippen molar-refractivity contribution in [2.45, 2.75) is 20.4 Å². The van der Waals surface area contributed by atoms with E-state index in [-0.39, 0.29) is 5.91 Å². The molecular formula is C13H14ClN3O2. The van der Waals surface area contributed by atoms with E-state index in [1.165, 1.54) is 6.20 Å². The minimum absolute atomic E-state index is 0.182. The van der Waals surface area contributed by atoms with Crippen LogP contribution in [0.15, 0.2) is 23.0 Å². The van der Waals surface area contributed by atoms with E-state index >= 15 is 0 Å². The van der Waals surface area contributed by atoms with Crippen LogP contribution < -0.4 is 0 Å². The van der Waals surface area contributed by atoms with Gasteiger partial charge in [-0.3, -0.25) is 9.78 Å². The van der Waals surface area contributed by atoms with E-state index < -0.39 is 0 Å². The summed E-state index contributed by atoms with van der Waals surface area (Å²) < 4.78 is 5.08. The average Bonchev–Trinajstić information content (AvgIpc) is 2.70. The minimum Gasteiger partial charge on any atom is -0.361 e. The fourth-order valence-electron chi connectivity index (χ4n) is 1.78. The fourth-order valence-corrected chi connectivity index (χ4v) is 1.96. The van der Waals surface area contributed by atoms with Gasteiger partial charge in [-0.1, -0.05) is 16.8 Å². The van der Waals surface area contributed by atoms with Crippen molar-refractivity contribution in [1.82, 2.24) is 15.0 Å². The van der Waals surface area contributed by atoms with Crippen LogP contribution >= 0.6 is 11.6 Å². The lowest BCUT2D eigenvalue weighted by Gasteiger charge is -2.17. The van der Waals surface area contributed by atoms with Crippen molar-refractivity contribution in [2.75, 3.05) is 7.05 Å². The molecule has 0 bridgehead atoms. The molecule has 2 aromatic rings. The number of halogens is 1. The Morgan fingerprint density at radius 3 is 2.79 bits per heavy atom. The smallest absolute Gasteiger partial charge is 0.256 e. The zero-order valence-electron chi connectivity index (χ0n) is 11.0. The Hall–Kier alpha value is -1.88. The van der Waals surface area contributed by atoms with Crippen LogP contribution in [0, 0.1) is 13.8 Å². The number of pyridine rings is 1. The fraction of sp³-hybridized carbons (Fsp3) is 0.308. The summed E-state index contributed by atoms with van der Waals surface area (Å²) in [6.07, 6.45) is 3.02. The lowest BCUT2D eigenvalue weighted by Crippen LogP contribution is -2.27. The first-order chi connectivity index (χ1) is 9.00. The highest BCUT2D eigenvalue weighted by molar-refractivity contribution is 6.33. The summed E-state index contributed by atoms with van der Waals surface area (Å²) in [5, 5.41) is 4.26. The Morgan fingerprint density at radius 2 is 2.21 bits per heavy atom. The lowest BCUT2D eigenvalue weighted by molar-refractivity contribution is 0.0784. The second-order valence-corrected chi connectivity index (χ2v) is 4.73. The second kappa shape index (κ2) is 5.40. The van der Waals surface area contributed by atoms with E-state index in [4.69, 9.17) is 16.1 Å². The number of aryl methyl sites for hydroxylation is 2. The number of rotatable bonds is 3. The van der Waals surface area contributed by atoms with Gasteiger partial charge in [-0.05, 0) is 19.9 Å². The van der Waals surface area contributed by atoms with Gasteiger partial charge in [0.1, 0.15) is 5.76 Å². The summed E-state index contributed by atoms with van der Waals surface area (Å²) in [6.45, 7) is 4.09. The number of hydrogen-bond donors (Lipinski definition) is 0. The number of carbonyl (C=O) groups is 1. The molecule has 2 rings (SSSR count). The van der Waals surface area contributed by atoms with Gasteiger partial charge >= 0.3 is 0 Å². The highest BCUT2D eigenvalue weighted by Gasteiger charge is 2.18. The molecule has 2 aromatic heterocycles. The van der Waals surface area contributed by atoms with Crippen molar-refractivity contribution < 1.29 is 9.32 Å². The van der Waals surface area contributed by atoms with E-state index in [0.717, 1.165) is 17.0 Å². The largest absolute Gasteiger partial charge is 0.361 e. The summed E-state index contributed by atoms with van der Waals surface area (Å²) in [6, 6.07) is 1.60. The van der Waals surface area contributed by atoms with E-state index in [2.05, 4.69) is 10.1 Å². The molecule has 0 saturated heterocycles. The maximum Gasteiger partial charge on any atom is 0.256 e. The van der Waals surface area contributed by atoms with E-state index in [1.54, 1.807) is 24.2 Å². The van der Waals surface area contributed by atoms with Gasteiger partial charge in [0, 0.05) is 25.0 Å². The Kier molecular flexibility index (Phi) is 3.85. The predicted octanol–water partition coefficient (Wildman–Crippen LogP) is 2.61. The molecule has 0 aromatic carbocycles. The minimum atomic E-state index is -0.182. The van der Waals surface area contributed by atoms with Gasteiger partial charge in [0.05, 0.1) is 22.8 Å². The van der Waals surface area contributed by atoms with Gasteiger partial charge in [0.2, 0.25) is 0 Å².